The van der Waals surface area contributed by atoms with Crippen LogP contribution in [0.3, 0.4) is 0 Å². The van der Waals surface area contributed by atoms with Crippen molar-refractivity contribution in [3.05, 3.63) is 99.2 Å². The Morgan fingerprint density at radius 1 is 1.21 bits per heavy atom. The number of aliphatic hydroxyl groups is 1. The number of thiophene rings is 1. The predicted molar refractivity (Wildman–Crippen MR) is 107 cm³/mol. The molecule has 0 saturated heterocycles. The van der Waals surface area contributed by atoms with Gasteiger partial charge in [0, 0.05) is 18.9 Å². The summed E-state index contributed by atoms with van der Waals surface area (Å²) < 4.78 is 0. The van der Waals surface area contributed by atoms with Crippen LogP contribution in [0.5, 0.6) is 0 Å². The van der Waals surface area contributed by atoms with Crippen molar-refractivity contribution in [2.24, 2.45) is 0 Å². The molecule has 2 aromatic heterocycles. The van der Waals surface area contributed by atoms with Crippen LogP contribution in [0.15, 0.2) is 77.6 Å². The van der Waals surface area contributed by atoms with Crippen molar-refractivity contribution >= 4 is 23.0 Å². The van der Waals surface area contributed by atoms with Crippen LogP contribution in [0.1, 0.15) is 32.4 Å². The standard InChI is InChI=1S/C22H18N2O3S/c1-14-5-2-7-16(11-14)19-18(20(25)17-8-4-10-28-17)21(26)22(27)24(19)13-15-6-3-9-23-12-15/h2-12,19,26H,13H2,1H3. The minimum Gasteiger partial charge on any atom is -0.503 e. The van der Waals surface area contributed by atoms with Crippen LogP contribution in [0.4, 0.5) is 0 Å². The molecule has 0 radical (unpaired) electrons. The lowest BCUT2D eigenvalue weighted by atomic mass is 9.94. The SMILES string of the molecule is Cc1cccc(C2C(C(=O)c3cccs3)=C(O)C(=O)N2Cc2cccnc2)c1. The molecule has 3 heterocycles. The molecule has 3 aromatic rings. The zero-order chi connectivity index (χ0) is 19.7. The number of aliphatic hydroxyl groups excluding tert-OH is 1. The molecular weight excluding hydrogens is 372 g/mol. The van der Waals surface area contributed by atoms with Gasteiger partial charge >= 0.3 is 0 Å². The minimum atomic E-state index is -0.651. The number of Topliss-reactive ketones (excluding diaryl/α,β-unsaturated/α-hetero) is 1. The van der Waals surface area contributed by atoms with Crippen molar-refractivity contribution in [2.45, 2.75) is 19.5 Å². The molecule has 5 nitrogen and oxygen atoms in total. The van der Waals surface area contributed by atoms with Gasteiger partial charge in [0.05, 0.1) is 16.5 Å². The van der Waals surface area contributed by atoms with E-state index in [1.807, 2.05) is 37.3 Å². The molecule has 4 rings (SSSR count). The quantitative estimate of drug-likeness (QED) is 0.662. The number of aryl methyl sites for hydroxylation is 1. The van der Waals surface area contributed by atoms with Gasteiger partial charge in [0.1, 0.15) is 0 Å². The Morgan fingerprint density at radius 2 is 2.07 bits per heavy atom. The van der Waals surface area contributed by atoms with E-state index in [0.29, 0.717) is 4.88 Å². The van der Waals surface area contributed by atoms with Gasteiger partial charge < -0.3 is 10.0 Å². The number of rotatable bonds is 5. The molecule has 0 saturated carbocycles. The molecule has 1 aliphatic heterocycles. The number of carbonyl (C=O) groups excluding carboxylic acids is 2. The monoisotopic (exact) mass is 390 g/mol. The summed E-state index contributed by atoms with van der Waals surface area (Å²) in [5.41, 5.74) is 2.76. The first-order valence-electron chi connectivity index (χ1n) is 8.84. The summed E-state index contributed by atoms with van der Waals surface area (Å²) in [5.74, 6) is -1.34. The van der Waals surface area contributed by atoms with Gasteiger partial charge in [-0.1, -0.05) is 42.0 Å². The molecule has 28 heavy (non-hydrogen) atoms. The van der Waals surface area contributed by atoms with E-state index >= 15 is 0 Å². The maximum atomic E-state index is 13.1. The van der Waals surface area contributed by atoms with Crippen LogP contribution in [-0.2, 0) is 11.3 Å². The van der Waals surface area contributed by atoms with Crippen molar-refractivity contribution in [3.8, 4) is 0 Å². The van der Waals surface area contributed by atoms with Gasteiger partial charge in [-0.2, -0.15) is 0 Å². The van der Waals surface area contributed by atoms with Crippen LogP contribution in [0.2, 0.25) is 0 Å². The molecule has 1 atom stereocenters. The Hall–Kier alpha value is -3.25. The normalized spacial score (nSPS) is 16.7. The smallest absolute Gasteiger partial charge is 0.290 e. The molecule has 0 bridgehead atoms. The lowest BCUT2D eigenvalue weighted by Gasteiger charge is -2.27. The lowest BCUT2D eigenvalue weighted by molar-refractivity contribution is -0.130. The van der Waals surface area contributed by atoms with E-state index in [1.165, 1.54) is 16.2 Å². The van der Waals surface area contributed by atoms with Gasteiger partial charge in [0.15, 0.2) is 5.76 Å². The number of aromatic nitrogens is 1. The van der Waals surface area contributed by atoms with Gasteiger partial charge in [-0.15, -0.1) is 11.3 Å². The average molecular weight is 390 g/mol. The van der Waals surface area contributed by atoms with Gasteiger partial charge in [0.2, 0.25) is 5.78 Å². The molecule has 1 amide bonds. The summed E-state index contributed by atoms with van der Waals surface area (Å²) in [4.78, 5) is 32.2. The number of pyridine rings is 1. The summed E-state index contributed by atoms with van der Waals surface area (Å²) in [6.07, 6.45) is 3.34. The van der Waals surface area contributed by atoms with Crippen LogP contribution in [-0.4, -0.2) is 26.7 Å². The van der Waals surface area contributed by atoms with Gasteiger partial charge in [0.25, 0.3) is 5.91 Å². The van der Waals surface area contributed by atoms with E-state index in [-0.39, 0.29) is 17.9 Å². The number of carbonyl (C=O) groups is 2. The maximum Gasteiger partial charge on any atom is 0.290 e. The Labute approximate surface area is 166 Å². The second kappa shape index (κ2) is 7.40. The van der Waals surface area contributed by atoms with E-state index in [4.69, 9.17) is 0 Å². The number of ketones is 1. The van der Waals surface area contributed by atoms with E-state index in [2.05, 4.69) is 4.98 Å². The number of hydrogen-bond acceptors (Lipinski definition) is 5. The Kier molecular flexibility index (Phi) is 4.79. The summed E-state index contributed by atoms with van der Waals surface area (Å²) in [6, 6.07) is 14.1. The third kappa shape index (κ3) is 3.23. The zero-order valence-electron chi connectivity index (χ0n) is 15.2. The summed E-state index contributed by atoms with van der Waals surface area (Å²) in [6.45, 7) is 2.20. The maximum absolute atomic E-state index is 13.1. The molecule has 0 spiro atoms. The molecule has 1 aliphatic rings. The highest BCUT2D eigenvalue weighted by molar-refractivity contribution is 7.12. The highest BCUT2D eigenvalue weighted by Gasteiger charge is 2.43. The van der Waals surface area contributed by atoms with Crippen LogP contribution >= 0.6 is 11.3 Å². The Bertz CT molecular complexity index is 1060. The van der Waals surface area contributed by atoms with Crippen molar-refractivity contribution in [3.63, 3.8) is 0 Å². The molecule has 140 valence electrons. The first-order chi connectivity index (χ1) is 13.6. The van der Waals surface area contributed by atoms with Gasteiger partial charge in [-0.05, 0) is 35.6 Å². The summed E-state index contributed by atoms with van der Waals surface area (Å²) in [5, 5.41) is 12.4. The van der Waals surface area contributed by atoms with Crippen LogP contribution < -0.4 is 0 Å². The minimum absolute atomic E-state index is 0.127. The average Bonchev–Trinajstić information content (AvgIpc) is 3.32. The lowest BCUT2D eigenvalue weighted by Crippen LogP contribution is -2.30. The highest BCUT2D eigenvalue weighted by atomic mass is 32.1. The first kappa shape index (κ1) is 18.1. The number of amides is 1. The molecule has 1 N–H and O–H groups in total. The second-order valence-corrected chi connectivity index (χ2v) is 7.63. The second-order valence-electron chi connectivity index (χ2n) is 6.68. The van der Waals surface area contributed by atoms with Crippen molar-refractivity contribution in [1.29, 1.82) is 0 Å². The molecule has 0 fully saturated rings. The molecule has 6 heteroatoms. The van der Waals surface area contributed by atoms with E-state index < -0.39 is 17.7 Å². The fourth-order valence-electron chi connectivity index (χ4n) is 3.46. The Balaban J connectivity index is 1.81. The Morgan fingerprint density at radius 3 is 2.75 bits per heavy atom. The fourth-order valence-corrected chi connectivity index (χ4v) is 4.14. The fraction of sp³-hybridized carbons (Fsp3) is 0.136. The third-order valence-electron chi connectivity index (χ3n) is 4.73. The van der Waals surface area contributed by atoms with E-state index in [0.717, 1.165) is 16.7 Å². The van der Waals surface area contributed by atoms with E-state index in [1.54, 1.807) is 36.0 Å². The van der Waals surface area contributed by atoms with Crippen LogP contribution in [0.25, 0.3) is 0 Å². The molecule has 0 aliphatic carbocycles. The topological polar surface area (TPSA) is 70.5 Å². The number of hydrogen-bond donors (Lipinski definition) is 1. The zero-order valence-corrected chi connectivity index (χ0v) is 16.0. The first-order valence-corrected chi connectivity index (χ1v) is 9.72. The van der Waals surface area contributed by atoms with Crippen molar-refractivity contribution in [1.82, 2.24) is 9.88 Å². The van der Waals surface area contributed by atoms with Crippen molar-refractivity contribution < 1.29 is 14.7 Å². The molecular formula is C22H18N2O3S. The third-order valence-corrected chi connectivity index (χ3v) is 5.60. The van der Waals surface area contributed by atoms with Crippen LogP contribution in [0, 0.1) is 6.92 Å². The van der Waals surface area contributed by atoms with Crippen molar-refractivity contribution in [2.75, 3.05) is 0 Å². The number of benzene rings is 1. The molecule has 1 aromatic carbocycles. The highest BCUT2D eigenvalue weighted by Crippen LogP contribution is 2.40. The molecule has 1 unspecified atom stereocenters. The van der Waals surface area contributed by atoms with Gasteiger partial charge in [-0.3, -0.25) is 14.6 Å². The number of nitrogens with zero attached hydrogens (tertiary/aromatic N) is 2. The summed E-state index contributed by atoms with van der Waals surface area (Å²) in [7, 11) is 0. The van der Waals surface area contributed by atoms with E-state index in [9.17, 15) is 14.7 Å². The predicted octanol–water partition coefficient (Wildman–Crippen LogP) is 4.23. The van der Waals surface area contributed by atoms with Gasteiger partial charge in [-0.25, -0.2) is 0 Å². The summed E-state index contributed by atoms with van der Waals surface area (Å²) >= 11 is 1.29. The largest absolute Gasteiger partial charge is 0.503 e.